The Hall–Kier alpha value is -1.65. The van der Waals surface area contributed by atoms with Gasteiger partial charge in [-0.3, -0.25) is 4.90 Å². The molecule has 4 heteroatoms. The van der Waals surface area contributed by atoms with E-state index < -0.39 is 5.97 Å². The van der Waals surface area contributed by atoms with Gasteiger partial charge in [0.05, 0.1) is 6.10 Å². The van der Waals surface area contributed by atoms with Crippen molar-refractivity contribution in [2.45, 2.75) is 26.0 Å². The van der Waals surface area contributed by atoms with E-state index in [1.54, 1.807) is 6.08 Å². The van der Waals surface area contributed by atoms with Crippen LogP contribution in [-0.2, 0) is 11.3 Å². The largest absolute Gasteiger partial charge is 0.478 e. The molecule has 1 saturated heterocycles. The number of aliphatic hydroxyl groups excluding tert-OH is 1. The molecule has 2 rings (SSSR count). The molecule has 108 valence electrons. The Bertz CT molecular complexity index is 498. The Labute approximate surface area is 119 Å². The van der Waals surface area contributed by atoms with Gasteiger partial charge in [-0.25, -0.2) is 4.79 Å². The fraction of sp³-hybridized carbons (Fsp3) is 0.438. The van der Waals surface area contributed by atoms with Crippen molar-refractivity contribution in [1.29, 1.82) is 0 Å². The average molecular weight is 275 g/mol. The fourth-order valence-corrected chi connectivity index (χ4v) is 2.48. The van der Waals surface area contributed by atoms with E-state index in [4.69, 9.17) is 5.11 Å². The first kappa shape index (κ1) is 14.8. The standard InChI is InChI=1S/C16H21NO3/c1-12-7-8-17(11-15(12)18)10-14-4-2-3-13(9-14)5-6-16(19)20/h2-6,9,12,15,18H,7-8,10-11H2,1H3,(H,19,20)/b6-5+. The number of carbonyl (C=O) groups is 1. The lowest BCUT2D eigenvalue weighted by molar-refractivity contribution is -0.131. The number of benzene rings is 1. The highest BCUT2D eigenvalue weighted by molar-refractivity contribution is 5.85. The Morgan fingerprint density at radius 3 is 3.00 bits per heavy atom. The maximum Gasteiger partial charge on any atom is 0.328 e. The maximum absolute atomic E-state index is 10.5. The molecule has 1 aliphatic heterocycles. The molecule has 2 atom stereocenters. The highest BCUT2D eigenvalue weighted by Crippen LogP contribution is 2.19. The van der Waals surface area contributed by atoms with Crippen LogP contribution >= 0.6 is 0 Å². The van der Waals surface area contributed by atoms with Gasteiger partial charge in [0.2, 0.25) is 0 Å². The average Bonchev–Trinajstić information content (AvgIpc) is 2.41. The highest BCUT2D eigenvalue weighted by Gasteiger charge is 2.23. The van der Waals surface area contributed by atoms with Gasteiger partial charge in [0.25, 0.3) is 0 Å². The zero-order valence-corrected chi connectivity index (χ0v) is 11.7. The second kappa shape index (κ2) is 6.68. The number of aliphatic hydroxyl groups is 1. The number of aliphatic carboxylic acids is 1. The van der Waals surface area contributed by atoms with E-state index in [0.29, 0.717) is 12.5 Å². The fourth-order valence-electron chi connectivity index (χ4n) is 2.48. The number of rotatable bonds is 4. The second-order valence-corrected chi connectivity index (χ2v) is 5.49. The van der Waals surface area contributed by atoms with Crippen LogP contribution in [0, 0.1) is 5.92 Å². The molecule has 1 aromatic carbocycles. The Kier molecular flexibility index (Phi) is 4.93. The molecular weight excluding hydrogens is 254 g/mol. The van der Waals surface area contributed by atoms with E-state index >= 15 is 0 Å². The Balaban J connectivity index is 1.99. The van der Waals surface area contributed by atoms with Crippen LogP contribution in [0.2, 0.25) is 0 Å². The SMILES string of the molecule is CC1CCN(Cc2cccc(/C=C/C(=O)O)c2)CC1O. The van der Waals surface area contributed by atoms with Gasteiger partial charge in [0.15, 0.2) is 0 Å². The number of hydrogen-bond donors (Lipinski definition) is 2. The van der Waals surface area contributed by atoms with Crippen LogP contribution in [0.25, 0.3) is 6.08 Å². The first-order chi connectivity index (χ1) is 9.54. The van der Waals surface area contributed by atoms with Gasteiger partial charge in [-0.05, 0) is 36.1 Å². The smallest absolute Gasteiger partial charge is 0.328 e. The summed E-state index contributed by atoms with van der Waals surface area (Å²) < 4.78 is 0. The van der Waals surface area contributed by atoms with Crippen molar-refractivity contribution in [3.63, 3.8) is 0 Å². The summed E-state index contributed by atoms with van der Waals surface area (Å²) >= 11 is 0. The number of carboxylic acid groups (broad SMARTS) is 1. The van der Waals surface area contributed by atoms with Gasteiger partial charge >= 0.3 is 5.97 Å². The summed E-state index contributed by atoms with van der Waals surface area (Å²) in [6, 6.07) is 7.84. The molecule has 0 aliphatic carbocycles. The third kappa shape index (κ3) is 4.18. The minimum Gasteiger partial charge on any atom is -0.478 e. The molecule has 0 aromatic heterocycles. The van der Waals surface area contributed by atoms with Crippen LogP contribution in [-0.4, -0.2) is 40.3 Å². The number of likely N-dealkylation sites (tertiary alicyclic amines) is 1. The molecule has 2 unspecified atom stereocenters. The van der Waals surface area contributed by atoms with Crippen LogP contribution in [0.1, 0.15) is 24.5 Å². The summed E-state index contributed by atoms with van der Waals surface area (Å²) in [6.45, 7) is 4.57. The van der Waals surface area contributed by atoms with Crippen molar-refractivity contribution >= 4 is 12.0 Å². The Morgan fingerprint density at radius 2 is 2.30 bits per heavy atom. The van der Waals surface area contributed by atoms with E-state index in [1.165, 1.54) is 0 Å². The molecule has 1 heterocycles. The summed E-state index contributed by atoms with van der Waals surface area (Å²) in [4.78, 5) is 12.8. The summed E-state index contributed by atoms with van der Waals surface area (Å²) in [6.07, 6.45) is 3.50. The summed E-state index contributed by atoms with van der Waals surface area (Å²) in [5.41, 5.74) is 2.02. The Morgan fingerprint density at radius 1 is 1.50 bits per heavy atom. The molecule has 0 radical (unpaired) electrons. The number of carboxylic acids is 1. The molecule has 0 amide bonds. The molecule has 20 heavy (non-hydrogen) atoms. The monoisotopic (exact) mass is 275 g/mol. The highest BCUT2D eigenvalue weighted by atomic mass is 16.4. The van der Waals surface area contributed by atoms with Gasteiger partial charge in [-0.2, -0.15) is 0 Å². The maximum atomic E-state index is 10.5. The van der Waals surface area contributed by atoms with Crippen molar-refractivity contribution in [3.8, 4) is 0 Å². The zero-order valence-electron chi connectivity index (χ0n) is 11.7. The molecule has 0 spiro atoms. The van der Waals surface area contributed by atoms with Crippen LogP contribution < -0.4 is 0 Å². The lowest BCUT2D eigenvalue weighted by Crippen LogP contribution is -2.42. The van der Waals surface area contributed by atoms with E-state index in [9.17, 15) is 9.90 Å². The van der Waals surface area contributed by atoms with Gasteiger partial charge in [-0.1, -0.05) is 31.2 Å². The molecular formula is C16H21NO3. The van der Waals surface area contributed by atoms with Crippen molar-refractivity contribution in [2.24, 2.45) is 5.92 Å². The number of piperidine rings is 1. The van der Waals surface area contributed by atoms with Crippen LogP contribution in [0.3, 0.4) is 0 Å². The predicted molar refractivity (Wildman–Crippen MR) is 78.2 cm³/mol. The summed E-state index contributed by atoms with van der Waals surface area (Å²) in [7, 11) is 0. The van der Waals surface area contributed by atoms with Crippen LogP contribution in [0.4, 0.5) is 0 Å². The molecule has 2 N–H and O–H groups in total. The predicted octanol–water partition coefficient (Wildman–Crippen LogP) is 1.99. The van der Waals surface area contributed by atoms with E-state index in [2.05, 4.69) is 11.8 Å². The molecule has 1 fully saturated rings. The quantitative estimate of drug-likeness (QED) is 0.825. The third-order valence-electron chi connectivity index (χ3n) is 3.78. The van der Waals surface area contributed by atoms with Crippen LogP contribution in [0.15, 0.2) is 30.3 Å². The van der Waals surface area contributed by atoms with E-state index in [-0.39, 0.29) is 6.10 Å². The first-order valence-electron chi connectivity index (χ1n) is 6.95. The van der Waals surface area contributed by atoms with Crippen molar-refractivity contribution in [1.82, 2.24) is 4.90 Å². The molecule has 0 saturated carbocycles. The number of nitrogens with zero attached hydrogens (tertiary/aromatic N) is 1. The minimum absolute atomic E-state index is 0.251. The van der Waals surface area contributed by atoms with Gasteiger partial charge in [0.1, 0.15) is 0 Å². The lowest BCUT2D eigenvalue weighted by Gasteiger charge is -2.34. The minimum atomic E-state index is -0.941. The summed E-state index contributed by atoms with van der Waals surface area (Å²) in [5, 5.41) is 18.5. The third-order valence-corrected chi connectivity index (χ3v) is 3.78. The first-order valence-corrected chi connectivity index (χ1v) is 6.95. The number of β-amino-alcohol motifs (C(OH)–C–C–N with tert-alkyl or cyclic N) is 1. The van der Waals surface area contributed by atoms with Crippen molar-refractivity contribution in [2.75, 3.05) is 13.1 Å². The molecule has 1 aliphatic rings. The van der Waals surface area contributed by atoms with E-state index in [1.807, 2.05) is 24.3 Å². The summed E-state index contributed by atoms with van der Waals surface area (Å²) in [5.74, 6) is -0.570. The van der Waals surface area contributed by atoms with E-state index in [0.717, 1.165) is 36.7 Å². The van der Waals surface area contributed by atoms with Crippen LogP contribution in [0.5, 0.6) is 0 Å². The second-order valence-electron chi connectivity index (χ2n) is 5.49. The normalized spacial score (nSPS) is 24.1. The van der Waals surface area contributed by atoms with Gasteiger partial charge < -0.3 is 10.2 Å². The van der Waals surface area contributed by atoms with Crippen molar-refractivity contribution in [3.05, 3.63) is 41.5 Å². The zero-order chi connectivity index (χ0) is 14.5. The topological polar surface area (TPSA) is 60.8 Å². The number of hydrogen-bond acceptors (Lipinski definition) is 3. The van der Waals surface area contributed by atoms with Gasteiger partial charge in [-0.15, -0.1) is 0 Å². The van der Waals surface area contributed by atoms with Crippen molar-refractivity contribution < 1.29 is 15.0 Å². The molecule has 1 aromatic rings. The van der Waals surface area contributed by atoms with Gasteiger partial charge in [0, 0.05) is 19.2 Å². The molecule has 4 nitrogen and oxygen atoms in total. The lowest BCUT2D eigenvalue weighted by atomic mass is 9.95. The molecule has 0 bridgehead atoms.